The van der Waals surface area contributed by atoms with Gasteiger partial charge in [0.1, 0.15) is 0 Å². The van der Waals surface area contributed by atoms with Crippen molar-refractivity contribution in [3.05, 3.63) is 46.8 Å². The lowest BCUT2D eigenvalue weighted by Gasteiger charge is -2.12. The van der Waals surface area contributed by atoms with Crippen LogP contribution in [0, 0.1) is 13.8 Å². The molecule has 0 radical (unpaired) electrons. The van der Waals surface area contributed by atoms with Crippen LogP contribution in [0.5, 0.6) is 0 Å². The molecule has 1 amide bonds. The number of amides is 1. The lowest BCUT2D eigenvalue weighted by molar-refractivity contribution is 0.187. The standard InChI is InChI=1S/C19H28N6O2.HI/c1-6-20-18(22-12-17-13(2)24-25(4)14(17)3)21-11-15-7-9-16(10-8-15)23-19(26)27-5;/h7-10H,6,11-12H2,1-5H3,(H,23,26)(H2,20,21,22);1H. The number of methoxy groups -OCH3 is 1. The topological polar surface area (TPSA) is 92.6 Å². The second-order valence-electron chi connectivity index (χ2n) is 6.14. The van der Waals surface area contributed by atoms with Crippen LogP contribution < -0.4 is 16.0 Å². The Morgan fingerprint density at radius 3 is 2.43 bits per heavy atom. The molecule has 0 saturated heterocycles. The molecule has 3 N–H and O–H groups in total. The van der Waals surface area contributed by atoms with E-state index in [4.69, 9.17) is 0 Å². The number of guanidine groups is 1. The Bertz CT molecular complexity index is 802. The van der Waals surface area contributed by atoms with Crippen LogP contribution in [0.1, 0.15) is 29.4 Å². The van der Waals surface area contributed by atoms with Crippen molar-refractivity contribution >= 4 is 41.7 Å². The van der Waals surface area contributed by atoms with Crippen LogP contribution in [-0.2, 0) is 24.9 Å². The number of carbonyl (C=O) groups excluding carboxylic acids is 1. The summed E-state index contributed by atoms with van der Waals surface area (Å²) in [6.07, 6.45) is -0.486. The first kappa shape index (κ1) is 23.7. The van der Waals surface area contributed by atoms with Gasteiger partial charge in [-0.2, -0.15) is 5.10 Å². The molecule has 1 aromatic carbocycles. The highest BCUT2D eigenvalue weighted by Gasteiger charge is 2.09. The maximum absolute atomic E-state index is 11.2. The van der Waals surface area contributed by atoms with E-state index < -0.39 is 6.09 Å². The van der Waals surface area contributed by atoms with Gasteiger partial charge in [-0.3, -0.25) is 10.00 Å². The second kappa shape index (κ2) is 11.5. The molecule has 0 fully saturated rings. The Hall–Kier alpha value is -2.30. The largest absolute Gasteiger partial charge is 0.453 e. The third-order valence-electron chi connectivity index (χ3n) is 4.24. The number of ether oxygens (including phenoxy) is 1. The molecular formula is C19H29IN6O2. The fraction of sp³-hybridized carbons (Fsp3) is 0.421. The van der Waals surface area contributed by atoms with Crippen LogP contribution >= 0.6 is 24.0 Å². The molecule has 0 aliphatic carbocycles. The van der Waals surface area contributed by atoms with Crippen molar-refractivity contribution in [2.45, 2.75) is 33.9 Å². The zero-order valence-electron chi connectivity index (χ0n) is 17.0. The summed E-state index contributed by atoms with van der Waals surface area (Å²) in [7, 11) is 3.28. The summed E-state index contributed by atoms with van der Waals surface area (Å²) >= 11 is 0. The van der Waals surface area contributed by atoms with Crippen LogP contribution in [0.3, 0.4) is 0 Å². The second-order valence-corrected chi connectivity index (χ2v) is 6.14. The van der Waals surface area contributed by atoms with E-state index in [1.165, 1.54) is 12.7 Å². The van der Waals surface area contributed by atoms with Gasteiger partial charge in [0, 0.05) is 37.1 Å². The molecule has 0 atom stereocenters. The van der Waals surface area contributed by atoms with Crippen molar-refractivity contribution in [3.63, 3.8) is 0 Å². The number of nitrogens with one attached hydrogen (secondary N) is 3. The molecule has 8 nitrogen and oxygen atoms in total. The van der Waals surface area contributed by atoms with Gasteiger partial charge >= 0.3 is 6.09 Å². The molecule has 0 saturated carbocycles. The van der Waals surface area contributed by atoms with Crippen molar-refractivity contribution in [3.8, 4) is 0 Å². The Labute approximate surface area is 183 Å². The van der Waals surface area contributed by atoms with Gasteiger partial charge in [-0.15, -0.1) is 24.0 Å². The highest BCUT2D eigenvalue weighted by Crippen LogP contribution is 2.12. The number of nitrogens with zero attached hydrogens (tertiary/aromatic N) is 3. The fourth-order valence-corrected chi connectivity index (χ4v) is 2.62. The van der Waals surface area contributed by atoms with Crippen molar-refractivity contribution in [2.24, 2.45) is 12.0 Å². The highest BCUT2D eigenvalue weighted by atomic mass is 127. The average molecular weight is 500 g/mol. The van der Waals surface area contributed by atoms with Crippen LogP contribution in [0.25, 0.3) is 0 Å². The lowest BCUT2D eigenvalue weighted by Crippen LogP contribution is -2.37. The van der Waals surface area contributed by atoms with Crippen molar-refractivity contribution in [1.82, 2.24) is 20.4 Å². The van der Waals surface area contributed by atoms with Gasteiger partial charge in [-0.1, -0.05) is 12.1 Å². The van der Waals surface area contributed by atoms with E-state index >= 15 is 0 Å². The van der Waals surface area contributed by atoms with Gasteiger partial charge in [-0.05, 0) is 38.5 Å². The number of benzene rings is 1. The number of rotatable bonds is 6. The zero-order valence-corrected chi connectivity index (χ0v) is 19.3. The van der Waals surface area contributed by atoms with Gasteiger partial charge < -0.3 is 15.4 Å². The van der Waals surface area contributed by atoms with Crippen molar-refractivity contribution in [1.29, 1.82) is 0 Å². The number of aromatic nitrogens is 2. The Kier molecular flexibility index (Phi) is 9.77. The van der Waals surface area contributed by atoms with Gasteiger partial charge in [0.15, 0.2) is 5.96 Å². The summed E-state index contributed by atoms with van der Waals surface area (Å²) in [5.74, 6) is 0.747. The quantitative estimate of drug-likeness (QED) is 0.322. The first-order valence-electron chi connectivity index (χ1n) is 8.89. The number of halogens is 1. The molecule has 0 unspecified atom stereocenters. The number of hydrogen-bond donors (Lipinski definition) is 3. The normalized spacial score (nSPS) is 10.8. The van der Waals surface area contributed by atoms with Gasteiger partial charge in [0.2, 0.25) is 0 Å². The SMILES string of the molecule is CCNC(=NCc1ccc(NC(=O)OC)cc1)NCc1c(C)nn(C)c1C.I. The molecule has 154 valence electrons. The van der Waals surface area contributed by atoms with Crippen LogP contribution in [0.2, 0.25) is 0 Å². The molecule has 0 spiro atoms. The molecule has 1 heterocycles. The van der Waals surface area contributed by atoms with E-state index in [0.717, 1.165) is 29.5 Å². The average Bonchev–Trinajstić information content (AvgIpc) is 2.90. The van der Waals surface area contributed by atoms with E-state index in [1.807, 2.05) is 49.8 Å². The number of carbonyl (C=O) groups is 1. The third-order valence-corrected chi connectivity index (χ3v) is 4.24. The Morgan fingerprint density at radius 1 is 1.21 bits per heavy atom. The van der Waals surface area contributed by atoms with E-state index in [2.05, 4.69) is 37.7 Å². The summed E-state index contributed by atoms with van der Waals surface area (Å²) in [6, 6.07) is 7.50. The first-order valence-corrected chi connectivity index (χ1v) is 8.89. The maximum Gasteiger partial charge on any atom is 0.411 e. The predicted molar refractivity (Wildman–Crippen MR) is 122 cm³/mol. The van der Waals surface area contributed by atoms with E-state index in [0.29, 0.717) is 18.8 Å². The molecule has 2 aromatic rings. The smallest absolute Gasteiger partial charge is 0.411 e. The zero-order chi connectivity index (χ0) is 19.8. The van der Waals surface area contributed by atoms with Gasteiger partial charge in [-0.25, -0.2) is 9.79 Å². The fourth-order valence-electron chi connectivity index (χ4n) is 2.62. The molecule has 0 aliphatic heterocycles. The molecule has 2 rings (SSSR count). The van der Waals surface area contributed by atoms with Crippen LogP contribution in [-0.4, -0.2) is 35.5 Å². The summed E-state index contributed by atoms with van der Waals surface area (Å²) in [6.45, 7) is 8.07. The van der Waals surface area contributed by atoms with Gasteiger partial charge in [0.05, 0.1) is 19.3 Å². The molecule has 0 bridgehead atoms. The summed E-state index contributed by atoms with van der Waals surface area (Å²) < 4.78 is 6.47. The minimum Gasteiger partial charge on any atom is -0.453 e. The molecule has 28 heavy (non-hydrogen) atoms. The summed E-state index contributed by atoms with van der Waals surface area (Å²) in [5.41, 5.74) is 5.07. The number of aliphatic imine (C=N–C) groups is 1. The Morgan fingerprint density at radius 2 is 1.89 bits per heavy atom. The van der Waals surface area contributed by atoms with E-state index in [-0.39, 0.29) is 24.0 Å². The van der Waals surface area contributed by atoms with Crippen molar-refractivity contribution in [2.75, 3.05) is 19.0 Å². The van der Waals surface area contributed by atoms with Crippen molar-refractivity contribution < 1.29 is 9.53 Å². The van der Waals surface area contributed by atoms with Gasteiger partial charge in [0.25, 0.3) is 0 Å². The number of hydrogen-bond acceptors (Lipinski definition) is 4. The monoisotopic (exact) mass is 500 g/mol. The minimum atomic E-state index is -0.486. The number of aryl methyl sites for hydroxylation is 2. The molecule has 9 heteroatoms. The lowest BCUT2D eigenvalue weighted by atomic mass is 10.2. The predicted octanol–water partition coefficient (Wildman–Crippen LogP) is 3.09. The highest BCUT2D eigenvalue weighted by molar-refractivity contribution is 14.0. The third kappa shape index (κ3) is 6.70. The van der Waals surface area contributed by atoms with E-state index in [9.17, 15) is 4.79 Å². The van der Waals surface area contributed by atoms with Crippen LogP contribution in [0.15, 0.2) is 29.3 Å². The summed E-state index contributed by atoms with van der Waals surface area (Å²) in [5, 5.41) is 13.7. The maximum atomic E-state index is 11.2. The summed E-state index contributed by atoms with van der Waals surface area (Å²) in [4.78, 5) is 15.8. The number of anilines is 1. The Balaban J connectivity index is 0.00000392. The minimum absolute atomic E-state index is 0. The van der Waals surface area contributed by atoms with Crippen LogP contribution in [0.4, 0.5) is 10.5 Å². The first-order chi connectivity index (χ1) is 12.9. The molecular weight excluding hydrogens is 471 g/mol. The van der Waals surface area contributed by atoms with E-state index in [1.54, 1.807) is 0 Å². The molecule has 1 aromatic heterocycles. The molecule has 0 aliphatic rings.